The van der Waals surface area contributed by atoms with Crippen molar-refractivity contribution in [2.24, 2.45) is 5.92 Å². The predicted molar refractivity (Wildman–Crippen MR) is 227 cm³/mol. The lowest BCUT2D eigenvalue weighted by Crippen LogP contribution is -2.44. The van der Waals surface area contributed by atoms with Crippen molar-refractivity contribution in [3.05, 3.63) is 104 Å². The summed E-state index contributed by atoms with van der Waals surface area (Å²) in [6.07, 6.45) is 12.1. The highest BCUT2D eigenvalue weighted by Gasteiger charge is 2.40. The Balaban J connectivity index is 1.09. The topological polar surface area (TPSA) is 78.2 Å². The molecule has 2 saturated heterocycles. The number of fused-ring (bicyclic) bond motifs is 3. The number of piperazine rings is 1. The van der Waals surface area contributed by atoms with Gasteiger partial charge in [0.05, 0.1) is 11.4 Å². The number of likely N-dealkylation sites (N-methyl/N-ethyl adjacent to an activating group) is 1. The summed E-state index contributed by atoms with van der Waals surface area (Å²) in [4.78, 5) is 20.7. The average Bonchev–Trinajstić information content (AvgIpc) is 3.17. The second kappa shape index (κ2) is 17.2. The number of aromatic nitrogens is 3. The summed E-state index contributed by atoms with van der Waals surface area (Å²) in [5.74, 6) is 1.74. The summed E-state index contributed by atoms with van der Waals surface area (Å²) in [5, 5.41) is 10.9. The molecule has 2 atom stereocenters. The van der Waals surface area contributed by atoms with Crippen molar-refractivity contribution in [1.82, 2.24) is 24.8 Å². The summed E-state index contributed by atoms with van der Waals surface area (Å²) in [6, 6.07) is 15.5. The second-order valence-electron chi connectivity index (χ2n) is 16.7. The lowest BCUT2D eigenvalue weighted by Gasteiger charge is -2.38. The fraction of sp³-hybridized carbons (Fsp3) is 0.522. The molecule has 3 fully saturated rings. The fourth-order valence-corrected chi connectivity index (χ4v) is 10.1. The Labute approximate surface area is 338 Å². The minimum absolute atomic E-state index is 0.131. The van der Waals surface area contributed by atoms with Crippen LogP contribution in [-0.4, -0.2) is 83.4 Å². The van der Waals surface area contributed by atoms with Crippen molar-refractivity contribution < 1.29 is 4.74 Å². The van der Waals surface area contributed by atoms with E-state index < -0.39 is 0 Å². The van der Waals surface area contributed by atoms with Crippen LogP contribution in [0.3, 0.4) is 0 Å². The van der Waals surface area contributed by atoms with E-state index in [1.165, 1.54) is 23.1 Å². The molecule has 2 unspecified atom stereocenters. The first kappa shape index (κ1) is 38.7. The molecule has 8 rings (SSSR count). The molecule has 2 aromatic carbocycles. The average molecular weight is 778 g/mol. The highest BCUT2D eigenvalue weighted by Crippen LogP contribution is 2.53. The highest BCUT2D eigenvalue weighted by molar-refractivity contribution is 7.80. The van der Waals surface area contributed by atoms with Gasteiger partial charge in [-0.05, 0) is 118 Å². The Morgan fingerprint density at radius 2 is 1.65 bits per heavy atom. The van der Waals surface area contributed by atoms with Gasteiger partial charge in [-0.1, -0.05) is 61.3 Å². The highest BCUT2D eigenvalue weighted by atomic mass is 35.5. The van der Waals surface area contributed by atoms with Crippen molar-refractivity contribution in [2.45, 2.75) is 101 Å². The Bertz CT molecular complexity index is 2020. The summed E-state index contributed by atoms with van der Waals surface area (Å²) in [7, 11) is 2.21. The van der Waals surface area contributed by atoms with Crippen LogP contribution in [0.25, 0.3) is 11.1 Å². The number of hydrogen-bond acceptors (Lipinski definition) is 8. The first-order chi connectivity index (χ1) is 26.8. The molecule has 290 valence electrons. The van der Waals surface area contributed by atoms with Crippen molar-refractivity contribution in [3.63, 3.8) is 0 Å². The van der Waals surface area contributed by atoms with Gasteiger partial charge in [-0.25, -0.2) is 9.97 Å². The van der Waals surface area contributed by atoms with Gasteiger partial charge in [0.25, 0.3) is 0 Å². The van der Waals surface area contributed by atoms with E-state index in [9.17, 15) is 5.41 Å². The van der Waals surface area contributed by atoms with Crippen molar-refractivity contribution in [2.75, 3.05) is 53.0 Å². The van der Waals surface area contributed by atoms with E-state index in [0.29, 0.717) is 17.5 Å². The standard InChI is InChI=1S/C46H57ClN6OS/c1-29(28-35-9-5-4-8-31(35)13-15-36-17-20-49-46(51-36)34-18-26-54-27-19-34)38-39-37(16-14-32(42(39)47)12-7-21-53-24-22-52(3)23-25-53)40-41(43(38)48)45(55)30(2)50-44(40)33-10-6-11-33/h4-5,8-9,14,16-17,20,29,33-34,38,48,55H,6-7,10-13,15,18-19,21-28H2,1-3H3. The zero-order valence-corrected chi connectivity index (χ0v) is 34.6. The number of thiol groups is 1. The normalized spacial score (nSPS) is 20.2. The van der Waals surface area contributed by atoms with E-state index in [1.54, 1.807) is 0 Å². The molecule has 1 saturated carbocycles. The molecular formula is C46H57ClN6OS. The van der Waals surface area contributed by atoms with Crippen LogP contribution in [0.1, 0.15) is 114 Å². The van der Waals surface area contributed by atoms with Crippen LogP contribution >= 0.6 is 24.2 Å². The van der Waals surface area contributed by atoms with Gasteiger partial charge in [0.1, 0.15) is 5.82 Å². The van der Waals surface area contributed by atoms with E-state index in [1.807, 2.05) is 6.20 Å². The molecule has 1 N–H and O–H groups in total. The Hall–Kier alpha value is -3.14. The quantitative estimate of drug-likeness (QED) is 0.140. The summed E-state index contributed by atoms with van der Waals surface area (Å²) in [6.45, 7) is 11.6. The molecule has 55 heavy (non-hydrogen) atoms. The Kier molecular flexibility index (Phi) is 12.1. The van der Waals surface area contributed by atoms with E-state index in [-0.39, 0.29) is 11.8 Å². The molecule has 0 amide bonds. The van der Waals surface area contributed by atoms with Gasteiger partial charge >= 0.3 is 0 Å². The van der Waals surface area contributed by atoms with Crippen LogP contribution in [0.5, 0.6) is 0 Å². The third-order valence-electron chi connectivity index (χ3n) is 13.0. The molecule has 4 heterocycles. The zero-order valence-electron chi connectivity index (χ0n) is 32.9. The van der Waals surface area contributed by atoms with Gasteiger partial charge in [0, 0.05) is 95.8 Å². The number of ether oxygens (including phenoxy) is 1. The Morgan fingerprint density at radius 3 is 2.40 bits per heavy atom. The number of rotatable bonds is 12. The van der Waals surface area contributed by atoms with Crippen LogP contribution in [0, 0.1) is 18.3 Å². The first-order valence-corrected chi connectivity index (χ1v) is 21.6. The van der Waals surface area contributed by atoms with E-state index in [2.05, 4.69) is 78.1 Å². The number of nitrogens with one attached hydrogen (secondary N) is 1. The van der Waals surface area contributed by atoms with Gasteiger partial charge in [-0.2, -0.15) is 0 Å². The third-order valence-corrected chi connectivity index (χ3v) is 14.0. The lowest BCUT2D eigenvalue weighted by atomic mass is 9.68. The van der Waals surface area contributed by atoms with Gasteiger partial charge in [0.15, 0.2) is 0 Å². The molecule has 2 aliphatic heterocycles. The minimum Gasteiger partial charge on any atom is -0.381 e. The lowest BCUT2D eigenvalue weighted by molar-refractivity contribution is 0.0835. The van der Waals surface area contributed by atoms with Gasteiger partial charge in [-0.3, -0.25) is 4.98 Å². The van der Waals surface area contributed by atoms with Crippen LogP contribution in [0.4, 0.5) is 0 Å². The maximum absolute atomic E-state index is 10.0. The number of pyridine rings is 1. The van der Waals surface area contributed by atoms with Crippen LogP contribution < -0.4 is 0 Å². The first-order valence-electron chi connectivity index (χ1n) is 20.8. The summed E-state index contributed by atoms with van der Waals surface area (Å²) < 4.78 is 5.59. The minimum atomic E-state index is -0.161. The zero-order chi connectivity index (χ0) is 38.1. The van der Waals surface area contributed by atoms with Crippen LogP contribution in [-0.2, 0) is 30.4 Å². The molecule has 2 aliphatic carbocycles. The van der Waals surface area contributed by atoms with Gasteiger partial charge in [0.2, 0.25) is 0 Å². The molecule has 0 bridgehead atoms. The third kappa shape index (κ3) is 8.18. The van der Waals surface area contributed by atoms with E-state index in [0.717, 1.165) is 159 Å². The SMILES string of the molecule is Cc1nc(C2CCC2)c2c(c1S)C(=N)C(C(C)Cc1ccccc1CCc1ccnc(C3CCOCC3)n1)c1c-2ccc(CCCN2CCN(C)CC2)c1Cl. The Morgan fingerprint density at radius 1 is 0.891 bits per heavy atom. The maximum atomic E-state index is 10.0. The smallest absolute Gasteiger partial charge is 0.131 e. The summed E-state index contributed by atoms with van der Waals surface area (Å²) in [5.41, 5.74) is 12.0. The second-order valence-corrected chi connectivity index (χ2v) is 17.5. The number of halogens is 1. The van der Waals surface area contributed by atoms with Crippen molar-refractivity contribution in [1.29, 1.82) is 5.41 Å². The number of nitrogens with zero attached hydrogens (tertiary/aromatic N) is 5. The van der Waals surface area contributed by atoms with Crippen molar-refractivity contribution >= 4 is 29.9 Å². The van der Waals surface area contributed by atoms with Gasteiger partial charge in [-0.15, -0.1) is 12.6 Å². The fourth-order valence-electron chi connectivity index (χ4n) is 9.45. The van der Waals surface area contributed by atoms with Crippen LogP contribution in [0.2, 0.25) is 5.02 Å². The number of benzene rings is 2. The van der Waals surface area contributed by atoms with Gasteiger partial charge < -0.3 is 19.9 Å². The monoisotopic (exact) mass is 776 g/mol. The number of hydrogen-bond donors (Lipinski definition) is 2. The van der Waals surface area contributed by atoms with E-state index in [4.69, 9.17) is 38.9 Å². The molecule has 0 radical (unpaired) electrons. The predicted octanol–water partition coefficient (Wildman–Crippen LogP) is 9.26. The molecule has 4 aromatic rings. The molecule has 0 spiro atoms. The van der Waals surface area contributed by atoms with Crippen molar-refractivity contribution in [3.8, 4) is 11.1 Å². The molecule has 4 aliphatic rings. The summed E-state index contributed by atoms with van der Waals surface area (Å²) >= 11 is 12.7. The number of aryl methyl sites for hydroxylation is 4. The largest absolute Gasteiger partial charge is 0.381 e. The molecule has 2 aromatic heterocycles. The molecular weight excluding hydrogens is 720 g/mol. The van der Waals surface area contributed by atoms with Crippen LogP contribution in [0.15, 0.2) is 53.6 Å². The maximum Gasteiger partial charge on any atom is 0.131 e. The molecule has 7 nitrogen and oxygen atoms in total. The van der Waals surface area contributed by atoms with E-state index >= 15 is 0 Å². The molecule has 9 heteroatoms.